The van der Waals surface area contributed by atoms with Crippen LogP contribution in [0.3, 0.4) is 0 Å². The van der Waals surface area contributed by atoms with E-state index in [1.54, 1.807) is 43.2 Å². The lowest BCUT2D eigenvalue weighted by atomic mass is 9.96. The second-order valence-electron chi connectivity index (χ2n) is 5.96. The molecular weight excluding hydrogens is 310 g/mol. The van der Waals surface area contributed by atoms with Crippen molar-refractivity contribution < 1.29 is 19.2 Å². The fourth-order valence-electron chi connectivity index (χ4n) is 2.95. The van der Waals surface area contributed by atoms with Gasteiger partial charge in [-0.3, -0.25) is 4.79 Å². The summed E-state index contributed by atoms with van der Waals surface area (Å²) in [6, 6.07) is 6.93. The first-order valence-corrected chi connectivity index (χ1v) is 7.99. The predicted molar refractivity (Wildman–Crippen MR) is 85.5 cm³/mol. The number of carbonyl (C=O) groups excluding carboxylic acids is 1. The summed E-state index contributed by atoms with van der Waals surface area (Å²) in [5, 5.41) is 14.2. The number of methoxy groups -OCH3 is 1. The van der Waals surface area contributed by atoms with E-state index in [-0.39, 0.29) is 11.8 Å². The Balaban J connectivity index is 1.62. The molecule has 7 heteroatoms. The molecule has 1 atom stereocenters. The van der Waals surface area contributed by atoms with E-state index in [4.69, 9.17) is 9.26 Å². The number of aromatic nitrogens is 2. The largest absolute Gasteiger partial charge is 0.497 e. The lowest BCUT2D eigenvalue weighted by molar-refractivity contribution is -0.141. The number of amides is 1. The zero-order chi connectivity index (χ0) is 17.1. The van der Waals surface area contributed by atoms with Crippen LogP contribution in [0.4, 0.5) is 0 Å². The topological polar surface area (TPSA) is 88.7 Å². The smallest absolute Gasteiger partial charge is 0.256 e. The van der Waals surface area contributed by atoms with E-state index < -0.39 is 6.10 Å². The average Bonchev–Trinajstić information content (AvgIpc) is 3.07. The molecule has 0 aliphatic carbocycles. The van der Waals surface area contributed by atoms with Crippen LogP contribution in [-0.4, -0.2) is 46.3 Å². The summed E-state index contributed by atoms with van der Waals surface area (Å²) in [6.45, 7) is 2.91. The molecule has 0 spiro atoms. The molecule has 0 bridgehead atoms. The Morgan fingerprint density at radius 1 is 1.42 bits per heavy atom. The van der Waals surface area contributed by atoms with Crippen molar-refractivity contribution in [3.05, 3.63) is 41.5 Å². The number of aryl methyl sites for hydroxylation is 1. The zero-order valence-electron chi connectivity index (χ0n) is 13.8. The maximum atomic E-state index is 12.5. The molecule has 1 aliphatic heterocycles. The van der Waals surface area contributed by atoms with Gasteiger partial charge in [-0.15, -0.1) is 0 Å². The second-order valence-corrected chi connectivity index (χ2v) is 5.96. The normalized spacial score (nSPS) is 16.9. The predicted octanol–water partition coefficient (Wildman–Crippen LogP) is 1.83. The number of benzene rings is 1. The first kappa shape index (κ1) is 16.4. The third-order valence-electron chi connectivity index (χ3n) is 4.34. The van der Waals surface area contributed by atoms with Crippen molar-refractivity contribution in [2.75, 3.05) is 20.2 Å². The van der Waals surface area contributed by atoms with Crippen molar-refractivity contribution in [3.63, 3.8) is 0 Å². The van der Waals surface area contributed by atoms with E-state index in [2.05, 4.69) is 10.1 Å². The second kappa shape index (κ2) is 7.00. The van der Waals surface area contributed by atoms with Gasteiger partial charge >= 0.3 is 0 Å². The Labute approximate surface area is 140 Å². The minimum atomic E-state index is -1.18. The van der Waals surface area contributed by atoms with Gasteiger partial charge in [-0.2, -0.15) is 4.98 Å². The van der Waals surface area contributed by atoms with Crippen LogP contribution in [0.1, 0.15) is 42.1 Å². The van der Waals surface area contributed by atoms with Gasteiger partial charge in [-0.25, -0.2) is 0 Å². The Kier molecular flexibility index (Phi) is 4.80. The van der Waals surface area contributed by atoms with Crippen LogP contribution in [0.25, 0.3) is 0 Å². The number of carbonyl (C=O) groups is 1. The number of hydrogen-bond donors (Lipinski definition) is 1. The van der Waals surface area contributed by atoms with E-state index >= 15 is 0 Å². The Morgan fingerprint density at radius 3 is 2.79 bits per heavy atom. The van der Waals surface area contributed by atoms with Crippen LogP contribution in [-0.2, 0) is 4.79 Å². The van der Waals surface area contributed by atoms with Crippen LogP contribution >= 0.6 is 0 Å². The van der Waals surface area contributed by atoms with Gasteiger partial charge in [0.05, 0.1) is 7.11 Å². The van der Waals surface area contributed by atoms with Crippen LogP contribution in [0, 0.1) is 6.92 Å². The summed E-state index contributed by atoms with van der Waals surface area (Å²) < 4.78 is 10.3. The van der Waals surface area contributed by atoms with Crippen molar-refractivity contribution in [2.24, 2.45) is 0 Å². The number of rotatable bonds is 4. The number of likely N-dealkylation sites (tertiary alicyclic amines) is 1. The van der Waals surface area contributed by atoms with Gasteiger partial charge in [0.15, 0.2) is 11.9 Å². The van der Waals surface area contributed by atoms with Crippen LogP contribution < -0.4 is 4.74 Å². The quantitative estimate of drug-likeness (QED) is 0.919. The molecule has 3 rings (SSSR count). The highest BCUT2D eigenvalue weighted by atomic mass is 16.5. The van der Waals surface area contributed by atoms with Crippen LogP contribution in [0.15, 0.2) is 28.8 Å². The Hall–Kier alpha value is -2.41. The number of ether oxygens (including phenoxy) is 1. The standard InChI is InChI=1S/C17H21N3O4/c1-11-18-16(24-19-11)12-6-8-20(9-7-12)17(22)15(21)13-4-3-5-14(10-13)23-2/h3-5,10,12,15,21H,6-9H2,1-2H3. The molecule has 2 aromatic rings. The summed E-state index contributed by atoms with van der Waals surface area (Å²) in [4.78, 5) is 18.5. The summed E-state index contributed by atoms with van der Waals surface area (Å²) in [6.07, 6.45) is 0.318. The highest BCUT2D eigenvalue weighted by molar-refractivity contribution is 5.82. The monoisotopic (exact) mass is 331 g/mol. The fourth-order valence-corrected chi connectivity index (χ4v) is 2.95. The molecule has 1 aromatic heterocycles. The molecule has 1 amide bonds. The maximum absolute atomic E-state index is 12.5. The molecule has 1 aliphatic rings. The van der Waals surface area contributed by atoms with Crippen molar-refractivity contribution in [2.45, 2.75) is 31.8 Å². The third kappa shape index (κ3) is 3.41. The Bertz CT molecular complexity index is 707. The van der Waals surface area contributed by atoms with Crippen molar-refractivity contribution in [1.29, 1.82) is 0 Å². The molecule has 2 heterocycles. The molecule has 128 valence electrons. The lowest BCUT2D eigenvalue weighted by Crippen LogP contribution is -2.40. The van der Waals surface area contributed by atoms with Crippen LogP contribution in [0.2, 0.25) is 0 Å². The maximum Gasteiger partial charge on any atom is 0.256 e. The van der Waals surface area contributed by atoms with Gasteiger partial charge in [0.1, 0.15) is 5.75 Å². The van der Waals surface area contributed by atoms with Crippen molar-refractivity contribution in [3.8, 4) is 5.75 Å². The minimum Gasteiger partial charge on any atom is -0.497 e. The van der Waals surface area contributed by atoms with Gasteiger partial charge in [-0.05, 0) is 37.5 Å². The van der Waals surface area contributed by atoms with Gasteiger partial charge in [-0.1, -0.05) is 17.3 Å². The molecule has 1 unspecified atom stereocenters. The van der Waals surface area contributed by atoms with E-state index in [0.717, 1.165) is 12.8 Å². The van der Waals surface area contributed by atoms with E-state index in [9.17, 15) is 9.90 Å². The number of nitrogens with zero attached hydrogens (tertiary/aromatic N) is 3. The average molecular weight is 331 g/mol. The summed E-state index contributed by atoms with van der Waals surface area (Å²) >= 11 is 0. The van der Waals surface area contributed by atoms with Crippen molar-refractivity contribution in [1.82, 2.24) is 15.0 Å². The number of aliphatic hydroxyl groups is 1. The molecule has 24 heavy (non-hydrogen) atoms. The third-order valence-corrected chi connectivity index (χ3v) is 4.34. The Morgan fingerprint density at radius 2 is 2.17 bits per heavy atom. The molecule has 1 N–H and O–H groups in total. The number of hydrogen-bond acceptors (Lipinski definition) is 6. The van der Waals surface area contributed by atoms with E-state index in [1.807, 2.05) is 0 Å². The fraction of sp³-hybridized carbons (Fsp3) is 0.471. The number of aliphatic hydroxyl groups excluding tert-OH is 1. The molecule has 1 saturated heterocycles. The highest BCUT2D eigenvalue weighted by Crippen LogP contribution is 2.29. The summed E-state index contributed by atoms with van der Waals surface area (Å²) in [5.74, 6) is 1.75. The number of piperidine rings is 1. The lowest BCUT2D eigenvalue weighted by Gasteiger charge is -2.31. The SMILES string of the molecule is COc1cccc(C(O)C(=O)N2CCC(c3nc(C)no3)CC2)c1. The van der Waals surface area contributed by atoms with E-state index in [1.165, 1.54) is 0 Å². The first-order chi connectivity index (χ1) is 11.6. The molecule has 1 aromatic carbocycles. The molecule has 1 fully saturated rings. The molecule has 0 radical (unpaired) electrons. The summed E-state index contributed by atoms with van der Waals surface area (Å²) in [7, 11) is 1.55. The van der Waals surface area contributed by atoms with Gasteiger partial charge < -0.3 is 19.3 Å². The van der Waals surface area contributed by atoms with Gasteiger partial charge in [0.2, 0.25) is 5.89 Å². The minimum absolute atomic E-state index is 0.171. The van der Waals surface area contributed by atoms with Gasteiger partial charge in [0.25, 0.3) is 5.91 Å². The van der Waals surface area contributed by atoms with E-state index in [0.29, 0.717) is 36.1 Å². The van der Waals surface area contributed by atoms with Crippen molar-refractivity contribution >= 4 is 5.91 Å². The molecular formula is C17H21N3O4. The molecule has 0 saturated carbocycles. The van der Waals surface area contributed by atoms with Gasteiger partial charge in [0, 0.05) is 19.0 Å². The first-order valence-electron chi connectivity index (χ1n) is 7.99. The highest BCUT2D eigenvalue weighted by Gasteiger charge is 2.30. The van der Waals surface area contributed by atoms with Crippen LogP contribution in [0.5, 0.6) is 5.75 Å². The summed E-state index contributed by atoms with van der Waals surface area (Å²) in [5.41, 5.74) is 0.536. The zero-order valence-corrected chi connectivity index (χ0v) is 13.8. The molecule has 7 nitrogen and oxygen atoms in total.